The number of pyridine rings is 1. The number of carboxylic acids is 1. The Kier molecular flexibility index (Phi) is 5.85. The van der Waals surface area contributed by atoms with Crippen LogP contribution in [-0.2, 0) is 32.0 Å². The van der Waals surface area contributed by atoms with E-state index in [2.05, 4.69) is 4.98 Å². The number of hydrogen-bond acceptors (Lipinski definition) is 5. The van der Waals surface area contributed by atoms with Crippen LogP contribution in [-0.4, -0.2) is 30.7 Å². The predicted octanol–water partition coefficient (Wildman–Crippen LogP) is 5.77. The quantitative estimate of drug-likeness (QED) is 0.251. The lowest BCUT2D eigenvalue weighted by Crippen LogP contribution is -2.06. The third-order valence-electron chi connectivity index (χ3n) is 6.65. The Morgan fingerprint density at radius 3 is 2.35 bits per heavy atom. The van der Waals surface area contributed by atoms with Crippen molar-refractivity contribution in [2.75, 3.05) is 0 Å². The summed E-state index contributed by atoms with van der Waals surface area (Å²) < 4.78 is 40.4. The van der Waals surface area contributed by atoms with Gasteiger partial charge in [-0.15, -0.1) is 0 Å². The smallest absolute Gasteiger partial charge is 0.416 e. The number of alkyl halides is 3. The molecule has 8 nitrogen and oxygen atoms in total. The Bertz CT molecular complexity index is 1540. The molecule has 0 saturated heterocycles. The van der Waals surface area contributed by atoms with Gasteiger partial charge < -0.3 is 14.8 Å². The van der Waals surface area contributed by atoms with Crippen molar-refractivity contribution in [3.05, 3.63) is 86.7 Å². The highest BCUT2D eigenvalue weighted by molar-refractivity contribution is 6.05. The first-order valence-electron chi connectivity index (χ1n) is 11.5. The Labute approximate surface area is 207 Å². The summed E-state index contributed by atoms with van der Waals surface area (Å²) >= 11 is 0. The number of carbonyl (C=O) groups is 1. The monoisotopic (exact) mass is 511 g/mol. The van der Waals surface area contributed by atoms with Crippen molar-refractivity contribution in [2.24, 2.45) is 0 Å². The molecule has 0 saturated carbocycles. The standard InChI is InChI=1S/C26H20F3N3O5/c27-26(28,29)17-10-3-14(4-11-17)5-12-18-23(32(36)37)20(15-6-8-16(9-7-15)25(34)35)21-22(30-18)19-2-1-13-31(19)24(21)33/h3-4,6-11,33H,1-2,5,12-13H2,(H,34,35). The zero-order chi connectivity index (χ0) is 26.5. The molecule has 0 spiro atoms. The van der Waals surface area contributed by atoms with Crippen LogP contribution in [0.25, 0.3) is 22.0 Å². The number of aromatic hydroxyl groups is 1. The molecule has 2 aromatic carbocycles. The fraction of sp³-hybridized carbons (Fsp3) is 0.231. The van der Waals surface area contributed by atoms with Crippen LogP contribution in [0.1, 0.15) is 39.3 Å². The van der Waals surface area contributed by atoms with Crippen molar-refractivity contribution >= 4 is 22.6 Å². The van der Waals surface area contributed by atoms with E-state index >= 15 is 0 Å². The van der Waals surface area contributed by atoms with Crippen molar-refractivity contribution in [1.82, 2.24) is 9.55 Å². The summed E-state index contributed by atoms with van der Waals surface area (Å²) in [4.78, 5) is 27.7. The Balaban J connectivity index is 1.65. The van der Waals surface area contributed by atoms with Crippen LogP contribution in [0.5, 0.6) is 5.88 Å². The number of aryl methyl sites for hydroxylation is 3. The number of benzene rings is 2. The number of rotatable bonds is 6. The van der Waals surface area contributed by atoms with E-state index in [1.54, 1.807) is 4.57 Å². The van der Waals surface area contributed by atoms with Crippen molar-refractivity contribution < 1.29 is 33.1 Å². The Morgan fingerprint density at radius 2 is 1.76 bits per heavy atom. The number of fused-ring (bicyclic) bond motifs is 3. The molecule has 0 atom stereocenters. The second kappa shape index (κ2) is 8.91. The average molecular weight is 511 g/mol. The molecule has 0 bridgehead atoms. The molecule has 4 aromatic rings. The summed E-state index contributed by atoms with van der Waals surface area (Å²) in [5.41, 5.74) is 1.24. The topological polar surface area (TPSA) is 118 Å². The summed E-state index contributed by atoms with van der Waals surface area (Å²) in [6.07, 6.45) is -2.79. The molecule has 2 N–H and O–H groups in total. The van der Waals surface area contributed by atoms with E-state index in [0.29, 0.717) is 29.6 Å². The Morgan fingerprint density at radius 1 is 1.08 bits per heavy atom. The zero-order valence-corrected chi connectivity index (χ0v) is 19.2. The minimum absolute atomic E-state index is 0.00262. The van der Waals surface area contributed by atoms with Crippen molar-refractivity contribution in [1.29, 1.82) is 0 Å². The van der Waals surface area contributed by atoms with Crippen molar-refractivity contribution in [2.45, 2.75) is 38.4 Å². The molecule has 5 rings (SSSR count). The number of nitrogens with zero attached hydrogens (tertiary/aromatic N) is 3. The molecular formula is C26H20F3N3O5. The van der Waals surface area contributed by atoms with E-state index in [9.17, 15) is 38.3 Å². The maximum atomic E-state index is 12.9. The third-order valence-corrected chi connectivity index (χ3v) is 6.65. The van der Waals surface area contributed by atoms with Crippen LogP contribution in [0.4, 0.5) is 18.9 Å². The molecule has 0 fully saturated rings. The van der Waals surface area contributed by atoms with Crippen LogP contribution >= 0.6 is 0 Å². The summed E-state index contributed by atoms with van der Waals surface area (Å²) in [7, 11) is 0. The number of hydrogen-bond donors (Lipinski definition) is 2. The third kappa shape index (κ3) is 4.26. The summed E-state index contributed by atoms with van der Waals surface area (Å²) in [6.45, 7) is 0.531. The molecule has 0 radical (unpaired) electrons. The first-order valence-corrected chi connectivity index (χ1v) is 11.5. The van der Waals surface area contributed by atoms with Crippen LogP contribution in [0.15, 0.2) is 48.5 Å². The van der Waals surface area contributed by atoms with E-state index in [1.807, 2.05) is 0 Å². The van der Waals surface area contributed by atoms with E-state index in [1.165, 1.54) is 36.4 Å². The lowest BCUT2D eigenvalue weighted by molar-refractivity contribution is -0.385. The van der Waals surface area contributed by atoms with Gasteiger partial charge in [0.2, 0.25) is 5.88 Å². The lowest BCUT2D eigenvalue weighted by atomic mass is 9.95. The van der Waals surface area contributed by atoms with Gasteiger partial charge in [-0.3, -0.25) is 10.1 Å². The van der Waals surface area contributed by atoms with Gasteiger partial charge in [-0.25, -0.2) is 9.78 Å². The molecule has 37 heavy (non-hydrogen) atoms. The van der Waals surface area contributed by atoms with Crippen molar-refractivity contribution in [3.8, 4) is 17.0 Å². The lowest BCUT2D eigenvalue weighted by Gasteiger charge is -2.12. The number of aromatic carboxylic acids is 1. The van der Waals surface area contributed by atoms with Gasteiger partial charge in [0.05, 0.1) is 32.5 Å². The first kappa shape index (κ1) is 24.3. The number of aromatic nitrogens is 2. The molecule has 3 heterocycles. The van der Waals surface area contributed by atoms with E-state index in [4.69, 9.17) is 0 Å². The first-order chi connectivity index (χ1) is 17.6. The second-order valence-corrected chi connectivity index (χ2v) is 8.87. The molecule has 0 amide bonds. The van der Waals surface area contributed by atoms with Crippen LogP contribution in [0, 0.1) is 10.1 Å². The minimum atomic E-state index is -4.47. The fourth-order valence-electron chi connectivity index (χ4n) is 4.90. The average Bonchev–Trinajstić information content (AvgIpc) is 3.44. The minimum Gasteiger partial charge on any atom is -0.494 e. The summed E-state index contributed by atoms with van der Waals surface area (Å²) in [5.74, 6) is -1.28. The molecular weight excluding hydrogens is 491 g/mol. The normalized spacial score (nSPS) is 13.2. The molecule has 0 aliphatic carbocycles. The second-order valence-electron chi connectivity index (χ2n) is 8.87. The zero-order valence-electron chi connectivity index (χ0n) is 19.2. The van der Waals surface area contributed by atoms with Gasteiger partial charge in [-0.05, 0) is 54.7 Å². The maximum Gasteiger partial charge on any atom is 0.416 e. The summed E-state index contributed by atoms with van der Waals surface area (Å²) in [6, 6.07) is 10.2. The van der Waals surface area contributed by atoms with Gasteiger partial charge in [0.15, 0.2) is 0 Å². The van der Waals surface area contributed by atoms with E-state index in [-0.39, 0.29) is 46.6 Å². The molecule has 1 aliphatic heterocycles. The maximum absolute atomic E-state index is 12.9. The molecule has 0 unspecified atom stereocenters. The largest absolute Gasteiger partial charge is 0.494 e. The SMILES string of the molecule is O=C(O)c1ccc(-c2c([N+](=O)[O-])c(CCc3ccc(C(F)(F)F)cc3)nc3c4n(c(O)c23)CCC4)cc1. The molecule has 11 heteroatoms. The van der Waals surface area contributed by atoms with Gasteiger partial charge in [0, 0.05) is 18.7 Å². The van der Waals surface area contributed by atoms with Gasteiger partial charge in [-0.1, -0.05) is 24.3 Å². The highest BCUT2D eigenvalue weighted by Gasteiger charge is 2.33. The van der Waals surface area contributed by atoms with Crippen LogP contribution in [0.2, 0.25) is 0 Å². The van der Waals surface area contributed by atoms with Crippen molar-refractivity contribution in [3.63, 3.8) is 0 Å². The fourth-order valence-corrected chi connectivity index (χ4v) is 4.90. The number of nitro groups is 1. The molecule has 2 aromatic heterocycles. The van der Waals surface area contributed by atoms with E-state index in [0.717, 1.165) is 24.2 Å². The van der Waals surface area contributed by atoms with Crippen LogP contribution in [0.3, 0.4) is 0 Å². The van der Waals surface area contributed by atoms with Gasteiger partial charge >= 0.3 is 12.1 Å². The van der Waals surface area contributed by atoms with Gasteiger partial charge in [0.1, 0.15) is 5.69 Å². The van der Waals surface area contributed by atoms with Gasteiger partial charge in [-0.2, -0.15) is 13.2 Å². The highest BCUT2D eigenvalue weighted by atomic mass is 19.4. The van der Waals surface area contributed by atoms with Crippen LogP contribution < -0.4 is 0 Å². The molecule has 190 valence electrons. The highest BCUT2D eigenvalue weighted by Crippen LogP contribution is 2.46. The number of halogens is 3. The summed E-state index contributed by atoms with van der Waals surface area (Å²) in [5, 5.41) is 32.8. The van der Waals surface area contributed by atoms with E-state index < -0.39 is 22.6 Å². The van der Waals surface area contributed by atoms with Gasteiger partial charge in [0.25, 0.3) is 5.69 Å². The Hall–Kier alpha value is -4.41. The number of carboxylic acid groups (broad SMARTS) is 1. The molecule has 1 aliphatic rings. The predicted molar refractivity (Wildman–Crippen MR) is 128 cm³/mol.